The number of carbonyl (C=O) groups is 1. The van der Waals surface area contributed by atoms with E-state index in [2.05, 4.69) is 15.0 Å². The first-order valence-electron chi connectivity index (χ1n) is 3.97. The molecule has 0 bridgehead atoms. The zero-order valence-corrected chi connectivity index (χ0v) is 9.40. The normalized spacial score (nSPS) is 11.4. The van der Waals surface area contributed by atoms with E-state index in [4.69, 9.17) is 23.2 Å². The Kier molecular flexibility index (Phi) is 4.49. The highest BCUT2D eigenvalue weighted by Gasteiger charge is 2.28. The van der Waals surface area contributed by atoms with Crippen molar-refractivity contribution in [1.29, 1.82) is 0 Å². The molecule has 0 spiro atoms. The number of rotatable bonds is 3. The number of aromatic nitrogens is 2. The van der Waals surface area contributed by atoms with Crippen molar-refractivity contribution in [3.05, 3.63) is 21.9 Å². The van der Waals surface area contributed by atoms with Crippen molar-refractivity contribution in [1.82, 2.24) is 15.7 Å². The molecule has 1 N–H and O–H groups in total. The third-order valence-corrected chi connectivity index (χ3v) is 1.83. The van der Waals surface area contributed by atoms with Gasteiger partial charge in [0.05, 0.1) is 5.56 Å². The van der Waals surface area contributed by atoms with Gasteiger partial charge in [-0.2, -0.15) is 13.2 Å². The number of hydrogen-bond acceptors (Lipinski definition) is 4. The predicted molar refractivity (Wildman–Crippen MR) is 51.5 cm³/mol. The van der Waals surface area contributed by atoms with Crippen molar-refractivity contribution in [3.8, 4) is 0 Å². The Balaban J connectivity index is 2.61. The average Bonchev–Trinajstić information content (AvgIpc) is 2.19. The lowest BCUT2D eigenvalue weighted by Gasteiger charge is -2.08. The Bertz CT molecular complexity index is 427. The topological polar surface area (TPSA) is 64.1 Å². The van der Waals surface area contributed by atoms with Crippen LogP contribution in [0.1, 0.15) is 10.4 Å². The van der Waals surface area contributed by atoms with Crippen LogP contribution in [0, 0.1) is 0 Å². The Labute approximate surface area is 103 Å². The van der Waals surface area contributed by atoms with E-state index in [-0.39, 0.29) is 15.9 Å². The summed E-state index contributed by atoms with van der Waals surface area (Å²) in [5.41, 5.74) is 1.31. The summed E-state index contributed by atoms with van der Waals surface area (Å²) in [5.74, 6) is -1.00. The summed E-state index contributed by atoms with van der Waals surface area (Å²) in [5, 5.41) is 6.19. The maximum Gasteiger partial charge on any atom is 0.414 e. The van der Waals surface area contributed by atoms with E-state index in [9.17, 15) is 18.0 Å². The van der Waals surface area contributed by atoms with Crippen molar-refractivity contribution >= 4 is 29.1 Å². The zero-order valence-electron chi connectivity index (χ0n) is 7.89. The van der Waals surface area contributed by atoms with Gasteiger partial charge in [0.1, 0.15) is 0 Å². The fourth-order valence-corrected chi connectivity index (χ4v) is 1.08. The molecule has 5 nitrogen and oxygen atoms in total. The van der Waals surface area contributed by atoms with E-state index >= 15 is 0 Å². The quantitative estimate of drug-likeness (QED) is 0.865. The third-order valence-electron chi connectivity index (χ3n) is 1.36. The first-order chi connectivity index (χ1) is 7.79. The molecule has 94 valence electrons. The van der Waals surface area contributed by atoms with Crippen LogP contribution in [0.2, 0.25) is 10.3 Å². The lowest BCUT2D eigenvalue weighted by atomic mass is 10.3. The van der Waals surface area contributed by atoms with Crippen molar-refractivity contribution < 1.29 is 22.8 Å². The van der Waals surface area contributed by atoms with Gasteiger partial charge in [-0.15, -0.1) is 10.2 Å². The van der Waals surface area contributed by atoms with Gasteiger partial charge in [-0.3, -0.25) is 9.63 Å². The second-order valence-electron chi connectivity index (χ2n) is 2.71. The Morgan fingerprint density at radius 1 is 1.41 bits per heavy atom. The maximum absolute atomic E-state index is 11.7. The van der Waals surface area contributed by atoms with E-state index in [1.54, 1.807) is 5.48 Å². The van der Waals surface area contributed by atoms with Crippen LogP contribution >= 0.6 is 23.2 Å². The van der Waals surface area contributed by atoms with Crippen LogP contribution in [-0.2, 0) is 4.84 Å². The summed E-state index contributed by atoms with van der Waals surface area (Å²) in [6, 6.07) is 1.04. The third kappa shape index (κ3) is 4.72. The van der Waals surface area contributed by atoms with Crippen LogP contribution in [0.5, 0.6) is 0 Å². The van der Waals surface area contributed by atoms with Crippen LogP contribution in [0.4, 0.5) is 13.2 Å². The molecule has 0 aliphatic rings. The molecule has 0 saturated heterocycles. The first kappa shape index (κ1) is 13.9. The average molecular weight is 290 g/mol. The molecular weight excluding hydrogens is 286 g/mol. The minimum atomic E-state index is -4.55. The van der Waals surface area contributed by atoms with Gasteiger partial charge in [-0.25, -0.2) is 5.48 Å². The van der Waals surface area contributed by atoms with E-state index in [0.717, 1.165) is 6.07 Å². The molecule has 1 rings (SSSR count). The summed E-state index contributed by atoms with van der Waals surface area (Å²) in [7, 11) is 0. The molecule has 0 saturated carbocycles. The highest BCUT2D eigenvalue weighted by atomic mass is 35.5. The number of halogens is 5. The molecule has 0 atom stereocenters. The molecule has 0 fully saturated rings. The molecule has 0 aliphatic carbocycles. The van der Waals surface area contributed by atoms with E-state index < -0.39 is 18.7 Å². The number of amides is 1. The molecule has 1 heterocycles. The zero-order chi connectivity index (χ0) is 13.1. The summed E-state index contributed by atoms with van der Waals surface area (Å²) < 4.78 is 35.1. The van der Waals surface area contributed by atoms with Gasteiger partial charge in [-0.1, -0.05) is 23.2 Å². The van der Waals surface area contributed by atoms with Crippen LogP contribution in [0.15, 0.2) is 6.07 Å². The first-order valence-corrected chi connectivity index (χ1v) is 4.73. The SMILES string of the molecule is O=C(NOCC(F)(F)F)c1cc(Cl)nnc1Cl. The standard InChI is InChI=1S/C7H4Cl2F3N3O2/c8-4-1-3(5(9)14-13-4)6(16)15-17-2-7(10,11)12/h1H,2H2,(H,15,16). The highest BCUT2D eigenvalue weighted by molar-refractivity contribution is 6.34. The summed E-state index contributed by atoms with van der Waals surface area (Å²) >= 11 is 10.9. The second kappa shape index (κ2) is 5.48. The van der Waals surface area contributed by atoms with E-state index in [0.29, 0.717) is 0 Å². The van der Waals surface area contributed by atoms with Crippen molar-refractivity contribution in [2.24, 2.45) is 0 Å². The minimum absolute atomic E-state index is 0.129. The molecule has 0 radical (unpaired) electrons. The Morgan fingerprint density at radius 2 is 2.06 bits per heavy atom. The summed E-state index contributed by atoms with van der Waals surface area (Å²) in [4.78, 5) is 15.2. The predicted octanol–water partition coefficient (Wildman–Crippen LogP) is 2.01. The fraction of sp³-hybridized carbons (Fsp3) is 0.286. The van der Waals surface area contributed by atoms with Gasteiger partial charge < -0.3 is 0 Å². The van der Waals surface area contributed by atoms with Crippen molar-refractivity contribution in [2.45, 2.75) is 6.18 Å². The number of hydrogen-bond donors (Lipinski definition) is 1. The fourth-order valence-electron chi connectivity index (χ4n) is 0.751. The van der Waals surface area contributed by atoms with Gasteiger partial charge in [0, 0.05) is 0 Å². The lowest BCUT2D eigenvalue weighted by Crippen LogP contribution is -2.29. The maximum atomic E-state index is 11.7. The number of hydroxylamine groups is 1. The van der Waals surface area contributed by atoms with Crippen LogP contribution in [0.25, 0.3) is 0 Å². The molecule has 1 aromatic heterocycles. The van der Waals surface area contributed by atoms with Crippen molar-refractivity contribution in [2.75, 3.05) is 6.61 Å². The van der Waals surface area contributed by atoms with E-state index in [1.807, 2.05) is 0 Å². The molecule has 17 heavy (non-hydrogen) atoms. The number of nitrogens with one attached hydrogen (secondary N) is 1. The molecule has 10 heteroatoms. The minimum Gasteiger partial charge on any atom is -0.267 e. The molecule has 0 aliphatic heterocycles. The van der Waals surface area contributed by atoms with Gasteiger partial charge in [0.2, 0.25) is 0 Å². The molecule has 0 aromatic carbocycles. The van der Waals surface area contributed by atoms with Gasteiger partial charge in [-0.05, 0) is 6.07 Å². The van der Waals surface area contributed by atoms with Gasteiger partial charge in [0.15, 0.2) is 16.9 Å². The Hall–Kier alpha value is -1.12. The molecular formula is C7H4Cl2F3N3O2. The number of carbonyl (C=O) groups excluding carboxylic acids is 1. The number of nitrogens with zero attached hydrogens (tertiary/aromatic N) is 2. The summed E-state index contributed by atoms with van der Waals surface area (Å²) in [6.45, 7) is -1.62. The molecule has 1 amide bonds. The Morgan fingerprint density at radius 3 is 2.65 bits per heavy atom. The van der Waals surface area contributed by atoms with Crippen LogP contribution in [-0.4, -0.2) is 28.9 Å². The van der Waals surface area contributed by atoms with Gasteiger partial charge in [0.25, 0.3) is 5.91 Å². The smallest absolute Gasteiger partial charge is 0.267 e. The number of alkyl halides is 3. The molecule has 1 aromatic rings. The lowest BCUT2D eigenvalue weighted by molar-refractivity contribution is -0.184. The van der Waals surface area contributed by atoms with E-state index in [1.165, 1.54) is 0 Å². The van der Waals surface area contributed by atoms with Crippen LogP contribution in [0.3, 0.4) is 0 Å². The monoisotopic (exact) mass is 289 g/mol. The van der Waals surface area contributed by atoms with Gasteiger partial charge >= 0.3 is 6.18 Å². The summed E-state index contributed by atoms with van der Waals surface area (Å²) in [6.07, 6.45) is -4.55. The van der Waals surface area contributed by atoms with Crippen LogP contribution < -0.4 is 5.48 Å². The van der Waals surface area contributed by atoms with Crippen molar-refractivity contribution in [3.63, 3.8) is 0 Å². The largest absolute Gasteiger partial charge is 0.414 e. The molecule has 0 unspecified atom stereocenters. The second-order valence-corrected chi connectivity index (χ2v) is 3.45. The highest BCUT2D eigenvalue weighted by Crippen LogP contribution is 2.16.